The van der Waals surface area contributed by atoms with E-state index in [1.807, 2.05) is 0 Å². The highest BCUT2D eigenvalue weighted by atomic mass is 14.2. The van der Waals surface area contributed by atoms with Crippen molar-refractivity contribution in [2.24, 2.45) is 0 Å². The molecule has 2 aliphatic carbocycles. The number of rotatable bonds is 0. The summed E-state index contributed by atoms with van der Waals surface area (Å²) in [5.41, 5.74) is 9.24. The van der Waals surface area contributed by atoms with Crippen molar-refractivity contribution in [3.8, 4) is 0 Å². The van der Waals surface area contributed by atoms with Crippen molar-refractivity contribution in [3.05, 3.63) is 69.8 Å². The minimum absolute atomic E-state index is 1.30. The molecule has 0 nitrogen and oxygen atoms in total. The molecular formula is C20H24. The molecule has 0 aliphatic heterocycles. The summed E-state index contributed by atoms with van der Waals surface area (Å²) in [7, 11) is 0. The molecule has 0 saturated heterocycles. The van der Waals surface area contributed by atoms with E-state index in [-0.39, 0.29) is 0 Å². The molecule has 104 valence electrons. The van der Waals surface area contributed by atoms with Crippen LogP contribution in [0.25, 0.3) is 0 Å². The van der Waals surface area contributed by atoms with Crippen LogP contribution in [0.4, 0.5) is 0 Å². The second kappa shape index (κ2) is 5.83. The maximum absolute atomic E-state index is 2.32. The summed E-state index contributed by atoms with van der Waals surface area (Å²) < 4.78 is 0. The Morgan fingerprint density at radius 3 is 2.30 bits per heavy atom. The molecule has 0 fully saturated rings. The molecule has 0 atom stereocenters. The standard InChI is InChI=1S/2C10H12/c1-8-4-2-5-9-6-3-7-10(8)9;1-8-5-6-9-3-2-4-10(9)7-8/h2,4-5H,3,6-7H2,1H3;5-7H,2-4H2,1H3. The zero-order valence-electron chi connectivity index (χ0n) is 12.7. The van der Waals surface area contributed by atoms with Crippen LogP contribution in [0.5, 0.6) is 0 Å². The fraction of sp³-hybridized carbons (Fsp3) is 0.400. The molecule has 2 aromatic carbocycles. The van der Waals surface area contributed by atoms with E-state index >= 15 is 0 Å². The lowest BCUT2D eigenvalue weighted by Gasteiger charge is -2.00. The van der Waals surface area contributed by atoms with Crippen molar-refractivity contribution in [2.45, 2.75) is 52.4 Å². The Morgan fingerprint density at radius 1 is 0.700 bits per heavy atom. The lowest BCUT2D eigenvalue weighted by molar-refractivity contribution is 0.909. The molecule has 0 spiro atoms. The van der Waals surface area contributed by atoms with E-state index in [0.717, 1.165) is 0 Å². The van der Waals surface area contributed by atoms with Gasteiger partial charge in [0.2, 0.25) is 0 Å². The fourth-order valence-corrected chi connectivity index (χ4v) is 3.51. The van der Waals surface area contributed by atoms with Gasteiger partial charge in [-0.3, -0.25) is 0 Å². The fourth-order valence-electron chi connectivity index (χ4n) is 3.51. The zero-order valence-corrected chi connectivity index (χ0v) is 12.7. The first-order chi connectivity index (χ1) is 9.74. The van der Waals surface area contributed by atoms with Gasteiger partial charge in [-0.05, 0) is 80.2 Å². The molecular weight excluding hydrogens is 240 g/mol. The topological polar surface area (TPSA) is 0 Å². The molecule has 2 aliphatic rings. The van der Waals surface area contributed by atoms with Crippen LogP contribution in [0.15, 0.2) is 36.4 Å². The van der Waals surface area contributed by atoms with Gasteiger partial charge in [-0.25, -0.2) is 0 Å². The molecule has 0 unspecified atom stereocenters. The Morgan fingerprint density at radius 2 is 1.45 bits per heavy atom. The Bertz CT molecular complexity index is 607. The number of hydrogen-bond acceptors (Lipinski definition) is 0. The maximum Gasteiger partial charge on any atom is -0.0270 e. The van der Waals surface area contributed by atoms with Crippen molar-refractivity contribution in [1.29, 1.82) is 0 Å². The molecule has 4 rings (SSSR count). The van der Waals surface area contributed by atoms with E-state index in [9.17, 15) is 0 Å². The van der Waals surface area contributed by atoms with Crippen LogP contribution in [-0.2, 0) is 25.7 Å². The third kappa shape index (κ3) is 2.80. The van der Waals surface area contributed by atoms with Crippen LogP contribution in [0.2, 0.25) is 0 Å². The summed E-state index contributed by atoms with van der Waals surface area (Å²) in [6.07, 6.45) is 7.94. The van der Waals surface area contributed by atoms with Gasteiger partial charge >= 0.3 is 0 Å². The van der Waals surface area contributed by atoms with Gasteiger partial charge in [-0.2, -0.15) is 0 Å². The Labute approximate surface area is 122 Å². The number of hydrogen-bond donors (Lipinski definition) is 0. The van der Waals surface area contributed by atoms with Crippen molar-refractivity contribution < 1.29 is 0 Å². The molecule has 20 heavy (non-hydrogen) atoms. The first kappa shape index (κ1) is 13.4. The van der Waals surface area contributed by atoms with E-state index in [4.69, 9.17) is 0 Å². The molecule has 0 heteroatoms. The molecule has 0 aromatic heterocycles. The SMILES string of the molecule is Cc1ccc2c(c1)CCC2.Cc1cccc2c1CCC2. The van der Waals surface area contributed by atoms with Gasteiger partial charge in [0.25, 0.3) is 0 Å². The van der Waals surface area contributed by atoms with Crippen LogP contribution in [0.1, 0.15) is 46.2 Å². The molecule has 0 radical (unpaired) electrons. The van der Waals surface area contributed by atoms with Gasteiger partial charge in [0.1, 0.15) is 0 Å². The summed E-state index contributed by atoms with van der Waals surface area (Å²) in [5.74, 6) is 0. The summed E-state index contributed by atoms with van der Waals surface area (Å²) in [5, 5.41) is 0. The second-order valence-electron chi connectivity index (χ2n) is 6.19. The third-order valence-electron chi connectivity index (χ3n) is 4.63. The summed E-state index contributed by atoms with van der Waals surface area (Å²) >= 11 is 0. The van der Waals surface area contributed by atoms with Crippen LogP contribution >= 0.6 is 0 Å². The average molecular weight is 264 g/mol. The van der Waals surface area contributed by atoms with Gasteiger partial charge in [-0.15, -0.1) is 0 Å². The summed E-state index contributed by atoms with van der Waals surface area (Å²) in [6, 6.07) is 13.4. The van der Waals surface area contributed by atoms with Crippen molar-refractivity contribution in [3.63, 3.8) is 0 Å². The van der Waals surface area contributed by atoms with Crippen molar-refractivity contribution in [1.82, 2.24) is 0 Å². The summed E-state index contributed by atoms with van der Waals surface area (Å²) in [4.78, 5) is 0. The van der Waals surface area contributed by atoms with Crippen LogP contribution in [0, 0.1) is 13.8 Å². The Kier molecular flexibility index (Phi) is 3.91. The highest BCUT2D eigenvalue weighted by Crippen LogP contribution is 2.24. The van der Waals surface area contributed by atoms with Gasteiger partial charge in [-0.1, -0.05) is 42.0 Å². The smallest absolute Gasteiger partial charge is 0.0270 e. The van der Waals surface area contributed by atoms with Crippen molar-refractivity contribution >= 4 is 0 Å². The predicted molar refractivity (Wildman–Crippen MR) is 86.4 cm³/mol. The normalized spacial score (nSPS) is 15.3. The summed E-state index contributed by atoms with van der Waals surface area (Å²) in [6.45, 7) is 4.38. The van der Waals surface area contributed by atoms with E-state index in [1.165, 1.54) is 49.7 Å². The lowest BCUT2D eigenvalue weighted by atomic mass is 10.1. The second-order valence-corrected chi connectivity index (χ2v) is 6.19. The molecule has 0 heterocycles. The number of aryl methyl sites for hydroxylation is 5. The molecule has 0 bridgehead atoms. The molecule has 0 N–H and O–H groups in total. The van der Waals surface area contributed by atoms with E-state index in [0.29, 0.717) is 0 Å². The van der Waals surface area contributed by atoms with Gasteiger partial charge < -0.3 is 0 Å². The first-order valence-electron chi connectivity index (χ1n) is 7.90. The maximum atomic E-state index is 2.32. The number of benzene rings is 2. The predicted octanol–water partition coefficient (Wildman–Crippen LogP) is 4.97. The number of fused-ring (bicyclic) bond motifs is 2. The van der Waals surface area contributed by atoms with Crippen LogP contribution < -0.4 is 0 Å². The van der Waals surface area contributed by atoms with Crippen LogP contribution in [-0.4, -0.2) is 0 Å². The van der Waals surface area contributed by atoms with Crippen LogP contribution in [0.3, 0.4) is 0 Å². The largest absolute Gasteiger partial charge is 0.0617 e. The quantitative estimate of drug-likeness (QED) is 0.630. The Hall–Kier alpha value is -1.56. The minimum atomic E-state index is 1.30. The zero-order chi connectivity index (χ0) is 13.9. The highest BCUT2D eigenvalue weighted by molar-refractivity contribution is 5.37. The van der Waals surface area contributed by atoms with Gasteiger partial charge in [0.05, 0.1) is 0 Å². The van der Waals surface area contributed by atoms with Gasteiger partial charge in [0.15, 0.2) is 0 Å². The minimum Gasteiger partial charge on any atom is -0.0617 e. The monoisotopic (exact) mass is 264 g/mol. The highest BCUT2D eigenvalue weighted by Gasteiger charge is 2.11. The van der Waals surface area contributed by atoms with Crippen molar-refractivity contribution in [2.75, 3.05) is 0 Å². The van der Waals surface area contributed by atoms with E-state index in [2.05, 4.69) is 50.2 Å². The lowest BCUT2D eigenvalue weighted by Crippen LogP contribution is -1.84. The van der Waals surface area contributed by atoms with E-state index < -0.39 is 0 Å². The molecule has 0 saturated carbocycles. The third-order valence-corrected chi connectivity index (χ3v) is 4.63. The van der Waals surface area contributed by atoms with Gasteiger partial charge in [0, 0.05) is 0 Å². The van der Waals surface area contributed by atoms with E-state index in [1.54, 1.807) is 22.3 Å². The first-order valence-corrected chi connectivity index (χ1v) is 7.90. The Balaban J connectivity index is 0.000000121. The molecule has 0 amide bonds. The average Bonchev–Trinajstić information content (AvgIpc) is 3.07. The molecule has 2 aromatic rings.